The molecule has 1 aliphatic rings. The fourth-order valence-electron chi connectivity index (χ4n) is 4.23. The Morgan fingerprint density at radius 3 is 2.30 bits per heavy atom. The molecule has 1 aliphatic carbocycles. The van der Waals surface area contributed by atoms with Crippen molar-refractivity contribution in [2.45, 2.75) is 77.1 Å². The van der Waals surface area contributed by atoms with Crippen LogP contribution < -0.4 is 11.1 Å². The van der Waals surface area contributed by atoms with Gasteiger partial charge in [-0.3, -0.25) is 4.79 Å². The molecule has 1 fully saturated rings. The lowest BCUT2D eigenvalue weighted by Crippen LogP contribution is -2.30. The minimum absolute atomic E-state index is 0.128. The fraction of sp³-hybridized carbons (Fsp3) is 0.522. The van der Waals surface area contributed by atoms with E-state index < -0.39 is 17.6 Å². The van der Waals surface area contributed by atoms with Crippen molar-refractivity contribution in [1.82, 2.24) is 4.57 Å². The second-order valence-corrected chi connectivity index (χ2v) is 9.25. The first-order chi connectivity index (χ1) is 13.9. The summed E-state index contributed by atoms with van der Waals surface area (Å²) in [6, 6.07) is 7.08. The summed E-state index contributed by atoms with van der Waals surface area (Å²) < 4.78 is 41.2. The van der Waals surface area contributed by atoms with Crippen LogP contribution in [0.2, 0.25) is 0 Å². The van der Waals surface area contributed by atoms with E-state index in [-0.39, 0.29) is 23.2 Å². The number of anilines is 1. The molecule has 0 bridgehead atoms. The third-order valence-corrected chi connectivity index (χ3v) is 5.86. The van der Waals surface area contributed by atoms with E-state index in [0.717, 1.165) is 49.2 Å². The second kappa shape index (κ2) is 8.10. The van der Waals surface area contributed by atoms with Gasteiger partial charge in [0.25, 0.3) is 5.91 Å². The largest absolute Gasteiger partial charge is 0.416 e. The number of amides is 1. The lowest BCUT2D eigenvalue weighted by Gasteiger charge is -2.33. The van der Waals surface area contributed by atoms with Crippen molar-refractivity contribution >= 4 is 11.6 Å². The Kier molecular flexibility index (Phi) is 6.05. The quantitative estimate of drug-likeness (QED) is 0.657. The predicted octanol–water partition coefficient (Wildman–Crippen LogP) is 5.81. The number of alkyl halides is 3. The van der Waals surface area contributed by atoms with Crippen molar-refractivity contribution in [3.8, 4) is 0 Å². The van der Waals surface area contributed by atoms with Crippen LogP contribution in [-0.2, 0) is 11.6 Å². The number of rotatable bonds is 3. The van der Waals surface area contributed by atoms with Crippen LogP contribution in [0.25, 0.3) is 0 Å². The van der Waals surface area contributed by atoms with Gasteiger partial charge in [0, 0.05) is 34.6 Å². The van der Waals surface area contributed by atoms with E-state index in [9.17, 15) is 18.0 Å². The number of benzene rings is 1. The number of carbonyl (C=O) groups is 1. The van der Waals surface area contributed by atoms with Crippen molar-refractivity contribution in [3.05, 3.63) is 52.8 Å². The third kappa shape index (κ3) is 4.72. The Labute approximate surface area is 175 Å². The minimum atomic E-state index is -4.46. The van der Waals surface area contributed by atoms with Crippen LogP contribution in [0.1, 0.15) is 79.8 Å². The Morgan fingerprint density at radius 2 is 1.73 bits per heavy atom. The highest BCUT2D eigenvalue weighted by Gasteiger charge is 2.32. The smallest absolute Gasteiger partial charge is 0.345 e. The van der Waals surface area contributed by atoms with Crippen LogP contribution in [0.3, 0.4) is 0 Å². The van der Waals surface area contributed by atoms with Crippen molar-refractivity contribution in [3.63, 3.8) is 0 Å². The van der Waals surface area contributed by atoms with Crippen LogP contribution in [0, 0.1) is 6.92 Å². The maximum absolute atomic E-state index is 13.0. The first-order valence-electron chi connectivity index (χ1n) is 10.3. The van der Waals surface area contributed by atoms with Gasteiger partial charge >= 0.3 is 6.18 Å². The topological polar surface area (TPSA) is 60.0 Å². The van der Waals surface area contributed by atoms with Gasteiger partial charge in [0.05, 0.1) is 11.1 Å². The fourth-order valence-corrected chi connectivity index (χ4v) is 4.23. The van der Waals surface area contributed by atoms with Crippen molar-refractivity contribution < 1.29 is 18.0 Å². The zero-order valence-corrected chi connectivity index (χ0v) is 17.9. The molecule has 0 saturated heterocycles. The number of nitrogens with two attached hydrogens (primary N) is 1. The molecule has 0 unspecified atom stereocenters. The highest BCUT2D eigenvalue weighted by atomic mass is 19.4. The van der Waals surface area contributed by atoms with Gasteiger partial charge in [-0.05, 0) is 56.9 Å². The maximum Gasteiger partial charge on any atom is 0.416 e. The lowest BCUT2D eigenvalue weighted by molar-refractivity contribution is -0.137. The van der Waals surface area contributed by atoms with Gasteiger partial charge in [-0.1, -0.05) is 26.8 Å². The minimum Gasteiger partial charge on any atom is -0.345 e. The van der Waals surface area contributed by atoms with Gasteiger partial charge in [-0.25, -0.2) is 0 Å². The Balaban J connectivity index is 1.93. The number of aromatic nitrogens is 1. The van der Waals surface area contributed by atoms with E-state index in [1.54, 1.807) is 0 Å². The molecule has 3 rings (SSSR count). The average molecular weight is 422 g/mol. The van der Waals surface area contributed by atoms with Gasteiger partial charge in [-0.2, -0.15) is 13.2 Å². The Bertz CT molecular complexity index is 917. The molecule has 1 amide bonds. The number of nitrogens with zero attached hydrogens (tertiary/aromatic N) is 1. The van der Waals surface area contributed by atoms with E-state index in [4.69, 9.17) is 5.73 Å². The SMILES string of the molecule is Cc1c(C(=O)Nc2cccc(C(F)(F)F)c2)cc(C(C)(C)C)n1[C@H]1CC[C@@H](N)CC1. The van der Waals surface area contributed by atoms with Gasteiger partial charge in [0.2, 0.25) is 0 Å². The molecular formula is C23H30F3N3O. The van der Waals surface area contributed by atoms with Crippen molar-refractivity contribution in [2.75, 3.05) is 5.32 Å². The zero-order chi connectivity index (χ0) is 22.3. The molecule has 4 nitrogen and oxygen atoms in total. The summed E-state index contributed by atoms with van der Waals surface area (Å²) in [7, 11) is 0. The second-order valence-electron chi connectivity index (χ2n) is 9.25. The number of nitrogens with one attached hydrogen (secondary N) is 1. The summed E-state index contributed by atoms with van der Waals surface area (Å²) in [4.78, 5) is 13.0. The monoisotopic (exact) mass is 421 g/mol. The molecule has 0 atom stereocenters. The van der Waals surface area contributed by atoms with Gasteiger partial charge in [0.1, 0.15) is 0 Å². The number of hydrogen-bond donors (Lipinski definition) is 2. The summed E-state index contributed by atoms with van der Waals surface area (Å²) in [5.74, 6) is -0.399. The van der Waals surface area contributed by atoms with E-state index in [1.165, 1.54) is 12.1 Å². The summed E-state index contributed by atoms with van der Waals surface area (Å²) >= 11 is 0. The van der Waals surface area contributed by atoms with E-state index in [0.29, 0.717) is 5.56 Å². The third-order valence-electron chi connectivity index (χ3n) is 5.86. The molecule has 0 spiro atoms. The first kappa shape index (κ1) is 22.4. The molecular weight excluding hydrogens is 391 g/mol. The molecule has 3 N–H and O–H groups in total. The average Bonchev–Trinajstić information content (AvgIpc) is 3.00. The molecule has 0 aliphatic heterocycles. The summed E-state index contributed by atoms with van der Waals surface area (Å²) in [5.41, 5.74) is 7.60. The summed E-state index contributed by atoms with van der Waals surface area (Å²) in [5, 5.41) is 2.64. The number of halogens is 3. The van der Waals surface area contributed by atoms with Crippen LogP contribution in [0.15, 0.2) is 30.3 Å². The van der Waals surface area contributed by atoms with E-state index >= 15 is 0 Å². The van der Waals surface area contributed by atoms with Crippen molar-refractivity contribution in [2.24, 2.45) is 5.73 Å². The first-order valence-corrected chi connectivity index (χ1v) is 10.3. The van der Waals surface area contributed by atoms with Gasteiger partial charge in [-0.15, -0.1) is 0 Å². The Hall–Kier alpha value is -2.28. The molecule has 30 heavy (non-hydrogen) atoms. The normalized spacial score (nSPS) is 20.3. The standard InChI is InChI=1S/C23H30F3N3O/c1-14-19(21(30)28-17-7-5-6-15(12-17)23(24,25)26)13-20(22(2,3)4)29(14)18-10-8-16(27)9-11-18/h5-7,12-13,16,18H,8-11,27H2,1-4H3,(H,28,30)/t16-,18+. The highest BCUT2D eigenvalue weighted by molar-refractivity contribution is 6.05. The van der Waals surface area contributed by atoms with Crippen LogP contribution in [0.4, 0.5) is 18.9 Å². The zero-order valence-electron chi connectivity index (χ0n) is 17.9. The Morgan fingerprint density at radius 1 is 1.10 bits per heavy atom. The van der Waals surface area contributed by atoms with Crippen LogP contribution in [-0.4, -0.2) is 16.5 Å². The summed E-state index contributed by atoms with van der Waals surface area (Å²) in [6.07, 6.45) is -0.667. The van der Waals surface area contributed by atoms with Crippen LogP contribution in [0.5, 0.6) is 0 Å². The molecule has 1 aromatic carbocycles. The van der Waals surface area contributed by atoms with Gasteiger partial charge in [0.15, 0.2) is 0 Å². The number of hydrogen-bond acceptors (Lipinski definition) is 2. The molecule has 1 heterocycles. The molecule has 1 saturated carbocycles. The molecule has 2 aromatic rings. The van der Waals surface area contributed by atoms with E-state index in [2.05, 4.69) is 30.7 Å². The lowest BCUT2D eigenvalue weighted by atomic mass is 9.88. The number of carbonyl (C=O) groups excluding carboxylic acids is 1. The van der Waals surface area contributed by atoms with Crippen molar-refractivity contribution in [1.29, 1.82) is 0 Å². The molecule has 1 aromatic heterocycles. The summed E-state index contributed by atoms with van der Waals surface area (Å²) in [6.45, 7) is 8.20. The molecule has 0 radical (unpaired) electrons. The van der Waals surface area contributed by atoms with E-state index in [1.807, 2.05) is 13.0 Å². The highest BCUT2D eigenvalue weighted by Crippen LogP contribution is 2.37. The molecule has 164 valence electrons. The van der Waals surface area contributed by atoms with Crippen LogP contribution >= 0.6 is 0 Å². The molecule has 7 heteroatoms. The maximum atomic E-state index is 13.0. The van der Waals surface area contributed by atoms with Gasteiger partial charge < -0.3 is 15.6 Å². The predicted molar refractivity (Wildman–Crippen MR) is 113 cm³/mol.